The van der Waals surface area contributed by atoms with Crippen LogP contribution in [0.25, 0.3) is 16.7 Å². The number of morpholine rings is 1. The molecule has 0 atom stereocenters. The molecule has 126 valence electrons. The van der Waals surface area contributed by atoms with Crippen LogP contribution in [-0.4, -0.2) is 35.9 Å². The standard InChI is InChI=1S/C14H11FN2S.C4H9NO/c1-9-16-13-7-2-10(15)8-14(13)17(9)11-3-5-12(18)6-4-11;1-3-6-4-2-5-1/h2-8,18H,1H3;5H,1-4H2. The third-order valence-corrected chi connectivity index (χ3v) is 4.04. The zero-order chi connectivity index (χ0) is 16.9. The van der Waals surface area contributed by atoms with Crippen LogP contribution in [-0.2, 0) is 4.74 Å². The molecule has 0 radical (unpaired) electrons. The minimum absolute atomic E-state index is 0.255. The van der Waals surface area contributed by atoms with Gasteiger partial charge < -0.3 is 10.1 Å². The highest BCUT2D eigenvalue weighted by Gasteiger charge is 2.09. The number of aryl methyl sites for hydroxylation is 1. The Morgan fingerprint density at radius 3 is 2.42 bits per heavy atom. The number of thiol groups is 1. The predicted molar refractivity (Wildman–Crippen MR) is 96.7 cm³/mol. The molecule has 0 unspecified atom stereocenters. The summed E-state index contributed by atoms with van der Waals surface area (Å²) < 4.78 is 20.3. The van der Waals surface area contributed by atoms with E-state index >= 15 is 0 Å². The van der Waals surface area contributed by atoms with Crippen molar-refractivity contribution in [2.75, 3.05) is 26.3 Å². The van der Waals surface area contributed by atoms with Gasteiger partial charge in [0, 0.05) is 29.7 Å². The Hall–Kier alpha value is -1.89. The lowest BCUT2D eigenvalue weighted by atomic mass is 10.2. The molecule has 0 spiro atoms. The number of aromatic nitrogens is 2. The minimum atomic E-state index is -0.255. The Balaban J connectivity index is 0.000000238. The van der Waals surface area contributed by atoms with E-state index in [1.165, 1.54) is 12.1 Å². The highest BCUT2D eigenvalue weighted by atomic mass is 32.1. The number of nitrogens with zero attached hydrogens (tertiary/aromatic N) is 2. The van der Waals surface area contributed by atoms with Crippen LogP contribution < -0.4 is 5.32 Å². The second kappa shape index (κ2) is 7.79. The van der Waals surface area contributed by atoms with E-state index in [9.17, 15) is 4.39 Å². The first-order chi connectivity index (χ1) is 11.6. The van der Waals surface area contributed by atoms with Crippen molar-refractivity contribution in [2.24, 2.45) is 0 Å². The molecule has 3 aromatic rings. The Kier molecular flexibility index (Phi) is 5.50. The highest BCUT2D eigenvalue weighted by molar-refractivity contribution is 7.80. The van der Waals surface area contributed by atoms with Crippen LogP contribution in [0.15, 0.2) is 47.4 Å². The molecule has 2 heterocycles. The average molecular weight is 345 g/mol. The molecule has 1 aliphatic rings. The van der Waals surface area contributed by atoms with E-state index in [1.54, 1.807) is 6.07 Å². The van der Waals surface area contributed by atoms with Crippen LogP contribution in [0.1, 0.15) is 5.82 Å². The van der Waals surface area contributed by atoms with Crippen molar-refractivity contribution >= 4 is 23.7 Å². The molecule has 4 nitrogen and oxygen atoms in total. The summed E-state index contributed by atoms with van der Waals surface area (Å²) in [5.74, 6) is 0.581. The molecule has 1 aliphatic heterocycles. The van der Waals surface area contributed by atoms with Crippen molar-refractivity contribution in [1.29, 1.82) is 0 Å². The van der Waals surface area contributed by atoms with E-state index in [0.29, 0.717) is 0 Å². The van der Waals surface area contributed by atoms with Crippen LogP contribution in [0.2, 0.25) is 0 Å². The number of fused-ring (bicyclic) bond motifs is 1. The van der Waals surface area contributed by atoms with E-state index < -0.39 is 0 Å². The van der Waals surface area contributed by atoms with Crippen LogP contribution in [0, 0.1) is 12.7 Å². The molecule has 1 saturated heterocycles. The molecule has 4 rings (SSSR count). The van der Waals surface area contributed by atoms with Gasteiger partial charge in [0.15, 0.2) is 0 Å². The van der Waals surface area contributed by atoms with Crippen LogP contribution in [0.4, 0.5) is 4.39 Å². The fourth-order valence-electron chi connectivity index (χ4n) is 2.61. The number of hydrogen-bond acceptors (Lipinski definition) is 4. The predicted octanol–water partition coefficient (Wildman–Crippen LogP) is 3.37. The molecular formula is C18H20FN3OS. The largest absolute Gasteiger partial charge is 0.379 e. The molecular weight excluding hydrogens is 325 g/mol. The quantitative estimate of drug-likeness (QED) is 0.664. The second-order valence-electron chi connectivity index (χ2n) is 5.51. The van der Waals surface area contributed by atoms with Crippen molar-refractivity contribution in [1.82, 2.24) is 14.9 Å². The molecule has 0 bridgehead atoms. The van der Waals surface area contributed by atoms with Gasteiger partial charge in [-0.3, -0.25) is 4.57 Å². The fraction of sp³-hybridized carbons (Fsp3) is 0.278. The van der Waals surface area contributed by atoms with Crippen molar-refractivity contribution in [3.05, 3.63) is 54.1 Å². The summed E-state index contributed by atoms with van der Waals surface area (Å²) in [6.07, 6.45) is 0. The fourth-order valence-corrected chi connectivity index (χ4v) is 2.76. The van der Waals surface area contributed by atoms with E-state index in [2.05, 4.69) is 22.9 Å². The third kappa shape index (κ3) is 3.95. The summed E-state index contributed by atoms with van der Waals surface area (Å²) in [6.45, 7) is 5.74. The summed E-state index contributed by atoms with van der Waals surface area (Å²) in [7, 11) is 0. The maximum atomic E-state index is 13.4. The molecule has 1 aromatic heterocycles. The van der Waals surface area contributed by atoms with Crippen LogP contribution in [0.5, 0.6) is 0 Å². The number of nitrogens with one attached hydrogen (secondary N) is 1. The van der Waals surface area contributed by atoms with Gasteiger partial charge in [-0.15, -0.1) is 12.6 Å². The SMILES string of the molecule is C1COCCN1.Cc1nc2ccc(F)cc2n1-c1ccc(S)cc1. The minimum Gasteiger partial charge on any atom is -0.379 e. The Bertz CT molecular complexity index is 801. The number of halogens is 1. The molecule has 6 heteroatoms. The number of benzene rings is 2. The van der Waals surface area contributed by atoms with Gasteiger partial charge in [-0.2, -0.15) is 0 Å². The zero-order valence-electron chi connectivity index (χ0n) is 13.5. The zero-order valence-corrected chi connectivity index (χ0v) is 14.4. The van der Waals surface area contributed by atoms with Gasteiger partial charge in [-0.25, -0.2) is 9.37 Å². The lowest BCUT2D eigenvalue weighted by Crippen LogP contribution is -2.30. The van der Waals surface area contributed by atoms with Crippen molar-refractivity contribution in [3.8, 4) is 5.69 Å². The van der Waals surface area contributed by atoms with Gasteiger partial charge in [0.1, 0.15) is 11.6 Å². The number of imidazole rings is 1. The molecule has 0 amide bonds. The molecule has 2 aromatic carbocycles. The molecule has 24 heavy (non-hydrogen) atoms. The van der Waals surface area contributed by atoms with Gasteiger partial charge in [0.2, 0.25) is 0 Å². The lowest BCUT2D eigenvalue weighted by Gasteiger charge is -2.10. The summed E-state index contributed by atoms with van der Waals surface area (Å²) in [5.41, 5.74) is 2.53. The summed E-state index contributed by atoms with van der Waals surface area (Å²) in [5, 5.41) is 3.16. The highest BCUT2D eigenvalue weighted by Crippen LogP contribution is 2.22. The van der Waals surface area contributed by atoms with Gasteiger partial charge in [0.25, 0.3) is 0 Å². The first kappa shape index (κ1) is 17.0. The smallest absolute Gasteiger partial charge is 0.125 e. The normalized spacial score (nSPS) is 14.3. The van der Waals surface area contributed by atoms with Crippen molar-refractivity contribution in [3.63, 3.8) is 0 Å². The van der Waals surface area contributed by atoms with Crippen molar-refractivity contribution < 1.29 is 9.13 Å². The maximum absolute atomic E-state index is 13.4. The van der Waals surface area contributed by atoms with Gasteiger partial charge in [-0.1, -0.05) is 0 Å². The Labute approximate surface area is 146 Å². The van der Waals surface area contributed by atoms with E-state index in [4.69, 9.17) is 4.74 Å². The first-order valence-electron chi connectivity index (χ1n) is 7.87. The van der Waals surface area contributed by atoms with E-state index in [-0.39, 0.29) is 5.82 Å². The van der Waals surface area contributed by atoms with Gasteiger partial charge >= 0.3 is 0 Å². The van der Waals surface area contributed by atoms with Crippen LogP contribution in [0.3, 0.4) is 0 Å². The first-order valence-corrected chi connectivity index (χ1v) is 8.32. The molecule has 0 saturated carbocycles. The summed E-state index contributed by atoms with van der Waals surface area (Å²) in [4.78, 5) is 5.33. The van der Waals surface area contributed by atoms with Crippen LogP contribution >= 0.6 is 12.6 Å². The third-order valence-electron chi connectivity index (χ3n) is 3.74. The monoisotopic (exact) mass is 345 g/mol. The van der Waals surface area contributed by atoms with E-state index in [1.807, 2.05) is 35.8 Å². The van der Waals surface area contributed by atoms with Gasteiger partial charge in [0.05, 0.1) is 24.2 Å². The lowest BCUT2D eigenvalue weighted by molar-refractivity contribution is 0.109. The van der Waals surface area contributed by atoms with E-state index in [0.717, 1.165) is 53.7 Å². The topological polar surface area (TPSA) is 39.1 Å². The van der Waals surface area contributed by atoms with Crippen molar-refractivity contribution in [2.45, 2.75) is 11.8 Å². The average Bonchev–Trinajstić information content (AvgIpc) is 2.93. The number of hydrogen-bond donors (Lipinski definition) is 2. The van der Waals surface area contributed by atoms with Gasteiger partial charge in [-0.05, 0) is 43.3 Å². The number of ether oxygens (including phenoxy) is 1. The number of rotatable bonds is 1. The summed E-state index contributed by atoms with van der Waals surface area (Å²) in [6, 6.07) is 12.3. The molecule has 1 fully saturated rings. The maximum Gasteiger partial charge on any atom is 0.125 e. The molecule has 0 aliphatic carbocycles. The second-order valence-corrected chi connectivity index (χ2v) is 6.02. The summed E-state index contributed by atoms with van der Waals surface area (Å²) >= 11 is 4.26. The molecule has 1 N–H and O–H groups in total. The Morgan fingerprint density at radius 1 is 1.12 bits per heavy atom. The Morgan fingerprint density at radius 2 is 1.83 bits per heavy atom.